The van der Waals surface area contributed by atoms with Gasteiger partial charge in [-0.3, -0.25) is 4.79 Å². The van der Waals surface area contributed by atoms with Gasteiger partial charge in [-0.05, 0) is 57.5 Å². The summed E-state index contributed by atoms with van der Waals surface area (Å²) in [5, 5.41) is 13.1. The lowest BCUT2D eigenvalue weighted by Crippen LogP contribution is -2.50. The zero-order chi connectivity index (χ0) is 16.9. The number of aliphatic carboxylic acids is 1. The Morgan fingerprint density at radius 2 is 1.83 bits per heavy atom. The van der Waals surface area contributed by atoms with Gasteiger partial charge in [0.05, 0.1) is 5.41 Å². The lowest BCUT2D eigenvalue weighted by Gasteiger charge is -2.41. The fraction of sp³-hybridized carbons (Fsp3) is 0.947. The van der Waals surface area contributed by atoms with E-state index >= 15 is 0 Å². The average Bonchev–Trinajstić information content (AvgIpc) is 2.56. The van der Waals surface area contributed by atoms with E-state index in [-0.39, 0.29) is 0 Å². The fourth-order valence-corrected chi connectivity index (χ4v) is 4.42. The summed E-state index contributed by atoms with van der Waals surface area (Å²) >= 11 is 0. The number of rotatable bonds is 7. The number of nitrogens with one attached hydrogen (secondary N) is 1. The smallest absolute Gasteiger partial charge is 0.310 e. The van der Waals surface area contributed by atoms with Gasteiger partial charge < -0.3 is 15.3 Å². The van der Waals surface area contributed by atoms with Crippen molar-refractivity contribution < 1.29 is 9.90 Å². The van der Waals surface area contributed by atoms with E-state index in [2.05, 4.69) is 17.1 Å². The first-order valence-corrected chi connectivity index (χ1v) is 9.71. The predicted molar refractivity (Wildman–Crippen MR) is 94.7 cm³/mol. The summed E-state index contributed by atoms with van der Waals surface area (Å²) in [5.41, 5.74) is -0.587. The van der Waals surface area contributed by atoms with Gasteiger partial charge in [0, 0.05) is 18.6 Å². The quantitative estimate of drug-likeness (QED) is 0.752. The second kappa shape index (κ2) is 8.48. The molecular formula is C19H36N2O2. The van der Waals surface area contributed by atoms with Crippen LogP contribution in [-0.4, -0.2) is 47.7 Å². The molecule has 0 aromatic carbocycles. The Balaban J connectivity index is 1.77. The third kappa shape index (κ3) is 4.69. The molecule has 4 nitrogen and oxygen atoms in total. The zero-order valence-electron chi connectivity index (χ0n) is 15.3. The molecule has 1 saturated carbocycles. The van der Waals surface area contributed by atoms with Crippen LogP contribution in [0, 0.1) is 11.3 Å². The Labute approximate surface area is 142 Å². The van der Waals surface area contributed by atoms with Crippen molar-refractivity contribution in [2.75, 3.05) is 19.6 Å². The van der Waals surface area contributed by atoms with Crippen LogP contribution in [0.25, 0.3) is 0 Å². The number of nitrogens with zero attached hydrogens (tertiary/aromatic N) is 1. The van der Waals surface area contributed by atoms with E-state index in [1.807, 2.05) is 13.8 Å². The maximum absolute atomic E-state index is 11.6. The molecule has 2 rings (SSSR count). The molecule has 2 aliphatic rings. The van der Waals surface area contributed by atoms with Crippen molar-refractivity contribution in [3.05, 3.63) is 0 Å². The van der Waals surface area contributed by atoms with E-state index < -0.39 is 11.4 Å². The molecule has 0 spiro atoms. The monoisotopic (exact) mass is 324 g/mol. The molecule has 0 aromatic rings. The van der Waals surface area contributed by atoms with Gasteiger partial charge in [-0.25, -0.2) is 0 Å². The Morgan fingerprint density at radius 3 is 2.35 bits per heavy atom. The van der Waals surface area contributed by atoms with Crippen LogP contribution in [-0.2, 0) is 4.79 Å². The van der Waals surface area contributed by atoms with Crippen molar-refractivity contribution >= 4 is 5.97 Å². The molecule has 1 aliphatic carbocycles. The van der Waals surface area contributed by atoms with Gasteiger partial charge in [0.2, 0.25) is 0 Å². The van der Waals surface area contributed by atoms with Gasteiger partial charge in [-0.15, -0.1) is 0 Å². The van der Waals surface area contributed by atoms with Gasteiger partial charge >= 0.3 is 5.97 Å². The topological polar surface area (TPSA) is 52.6 Å². The average molecular weight is 325 g/mol. The maximum Gasteiger partial charge on any atom is 0.310 e. The van der Waals surface area contributed by atoms with Gasteiger partial charge in [0.1, 0.15) is 0 Å². The van der Waals surface area contributed by atoms with Crippen molar-refractivity contribution in [3.63, 3.8) is 0 Å². The summed E-state index contributed by atoms with van der Waals surface area (Å²) in [6.07, 6.45) is 9.25. The van der Waals surface area contributed by atoms with Crippen molar-refractivity contribution in [1.29, 1.82) is 0 Å². The van der Waals surface area contributed by atoms with E-state index in [1.165, 1.54) is 38.8 Å². The van der Waals surface area contributed by atoms with Gasteiger partial charge in [-0.2, -0.15) is 0 Å². The number of piperidine rings is 1. The summed E-state index contributed by atoms with van der Waals surface area (Å²) in [4.78, 5) is 14.3. The first-order chi connectivity index (χ1) is 11.0. The fourth-order valence-electron chi connectivity index (χ4n) is 4.42. The highest BCUT2D eigenvalue weighted by Gasteiger charge is 2.36. The lowest BCUT2D eigenvalue weighted by atomic mass is 9.82. The van der Waals surface area contributed by atoms with E-state index in [9.17, 15) is 9.90 Å². The summed E-state index contributed by atoms with van der Waals surface area (Å²) < 4.78 is 0. The van der Waals surface area contributed by atoms with E-state index in [0.29, 0.717) is 25.4 Å². The number of hydrogen-bond acceptors (Lipinski definition) is 3. The number of carboxylic acids is 1. The molecule has 23 heavy (non-hydrogen) atoms. The summed E-state index contributed by atoms with van der Waals surface area (Å²) in [6, 6.07) is 1.29. The Bertz CT molecular complexity index is 374. The first-order valence-electron chi connectivity index (χ1n) is 9.71. The summed E-state index contributed by atoms with van der Waals surface area (Å²) in [5.74, 6) is 0.235. The second-order valence-corrected chi connectivity index (χ2v) is 7.91. The first kappa shape index (κ1) is 18.7. The third-order valence-electron chi connectivity index (χ3n) is 6.49. The van der Waals surface area contributed by atoms with Crippen LogP contribution in [0.5, 0.6) is 0 Å². The predicted octanol–water partition coefficient (Wildman–Crippen LogP) is 3.51. The third-order valence-corrected chi connectivity index (χ3v) is 6.49. The molecule has 0 aromatic heterocycles. The van der Waals surface area contributed by atoms with Crippen molar-refractivity contribution in [2.24, 2.45) is 11.3 Å². The second-order valence-electron chi connectivity index (χ2n) is 7.91. The van der Waals surface area contributed by atoms with E-state index in [4.69, 9.17) is 0 Å². The highest BCUT2D eigenvalue weighted by molar-refractivity contribution is 5.74. The standard InChI is InChI=1S/C19H36N2O2/c1-4-19(5-2,18(22)23)14-20-16-9-11-21(12-10-16)17-8-6-7-15(3)13-17/h15-17,20H,4-14H2,1-3H3,(H,22,23). The number of carboxylic acid groups (broad SMARTS) is 1. The molecule has 134 valence electrons. The highest BCUT2D eigenvalue weighted by atomic mass is 16.4. The minimum Gasteiger partial charge on any atom is -0.481 e. The van der Waals surface area contributed by atoms with Gasteiger partial charge in [-0.1, -0.05) is 33.6 Å². The van der Waals surface area contributed by atoms with Crippen LogP contribution in [0.15, 0.2) is 0 Å². The Morgan fingerprint density at radius 1 is 1.17 bits per heavy atom. The van der Waals surface area contributed by atoms with Crippen LogP contribution < -0.4 is 5.32 Å². The van der Waals surface area contributed by atoms with Crippen LogP contribution in [0.4, 0.5) is 0 Å². The van der Waals surface area contributed by atoms with Crippen molar-refractivity contribution in [1.82, 2.24) is 10.2 Å². The molecule has 0 amide bonds. The number of likely N-dealkylation sites (tertiary alicyclic amines) is 1. The van der Waals surface area contributed by atoms with Crippen molar-refractivity contribution in [3.8, 4) is 0 Å². The van der Waals surface area contributed by atoms with Gasteiger partial charge in [0.15, 0.2) is 0 Å². The molecule has 0 radical (unpaired) electrons. The molecule has 2 fully saturated rings. The highest BCUT2D eigenvalue weighted by Crippen LogP contribution is 2.30. The van der Waals surface area contributed by atoms with Crippen molar-refractivity contribution in [2.45, 2.75) is 84.2 Å². The van der Waals surface area contributed by atoms with Crippen LogP contribution >= 0.6 is 0 Å². The minimum absolute atomic E-state index is 0.490. The molecule has 4 heteroatoms. The minimum atomic E-state index is -0.649. The van der Waals surface area contributed by atoms with Crippen LogP contribution in [0.3, 0.4) is 0 Å². The SMILES string of the molecule is CCC(CC)(CNC1CCN(C2CCCC(C)C2)CC1)C(=O)O. The van der Waals surface area contributed by atoms with Crippen LogP contribution in [0.1, 0.15) is 72.1 Å². The van der Waals surface area contributed by atoms with Gasteiger partial charge in [0.25, 0.3) is 0 Å². The summed E-state index contributed by atoms with van der Waals surface area (Å²) in [6.45, 7) is 9.33. The largest absolute Gasteiger partial charge is 0.481 e. The Hall–Kier alpha value is -0.610. The Kier molecular flexibility index (Phi) is 6.90. The molecule has 2 atom stereocenters. The number of hydrogen-bond donors (Lipinski definition) is 2. The van der Waals surface area contributed by atoms with E-state index in [0.717, 1.165) is 24.8 Å². The zero-order valence-corrected chi connectivity index (χ0v) is 15.3. The molecule has 2 N–H and O–H groups in total. The molecule has 1 saturated heterocycles. The molecular weight excluding hydrogens is 288 g/mol. The molecule has 1 heterocycles. The lowest BCUT2D eigenvalue weighted by molar-refractivity contribution is -0.149. The molecule has 2 unspecified atom stereocenters. The number of carbonyl (C=O) groups is 1. The molecule has 1 aliphatic heterocycles. The molecule has 0 bridgehead atoms. The van der Waals surface area contributed by atoms with E-state index in [1.54, 1.807) is 0 Å². The summed E-state index contributed by atoms with van der Waals surface area (Å²) in [7, 11) is 0. The maximum atomic E-state index is 11.6. The van der Waals surface area contributed by atoms with Crippen LogP contribution in [0.2, 0.25) is 0 Å². The normalized spacial score (nSPS) is 28.0.